The molecule has 2 N–H and O–H groups in total. The molecule has 1 aliphatic rings. The first-order chi connectivity index (χ1) is 10.0. The molecule has 1 heterocycles. The van der Waals surface area contributed by atoms with Crippen molar-refractivity contribution in [1.82, 2.24) is 4.98 Å². The van der Waals surface area contributed by atoms with Crippen LogP contribution in [0.5, 0.6) is 0 Å². The van der Waals surface area contributed by atoms with E-state index in [9.17, 15) is 20.0 Å². The van der Waals surface area contributed by atoms with Crippen molar-refractivity contribution in [3.05, 3.63) is 27.9 Å². The number of pyridine rings is 1. The zero-order valence-electron chi connectivity index (χ0n) is 11.2. The lowest BCUT2D eigenvalue weighted by Crippen LogP contribution is -2.37. The van der Waals surface area contributed by atoms with Crippen molar-refractivity contribution in [2.24, 2.45) is 5.92 Å². The van der Waals surface area contributed by atoms with Gasteiger partial charge in [-0.1, -0.05) is 12.8 Å². The molecule has 0 radical (unpaired) electrons. The number of carbonyl (C=O) groups is 1. The molecule has 0 spiro atoms. The van der Waals surface area contributed by atoms with Crippen molar-refractivity contribution in [3.8, 4) is 6.07 Å². The zero-order valence-corrected chi connectivity index (χ0v) is 11.2. The van der Waals surface area contributed by atoms with Crippen molar-refractivity contribution >= 4 is 17.5 Å². The fourth-order valence-corrected chi connectivity index (χ4v) is 2.61. The van der Waals surface area contributed by atoms with E-state index in [-0.39, 0.29) is 11.4 Å². The summed E-state index contributed by atoms with van der Waals surface area (Å²) >= 11 is 0. The van der Waals surface area contributed by atoms with Gasteiger partial charge in [0.15, 0.2) is 0 Å². The average molecular weight is 290 g/mol. The monoisotopic (exact) mass is 290 g/mol. The molecule has 0 amide bonds. The van der Waals surface area contributed by atoms with Crippen molar-refractivity contribution in [1.29, 1.82) is 5.26 Å². The Morgan fingerprint density at radius 3 is 2.86 bits per heavy atom. The first kappa shape index (κ1) is 14.7. The molecular formula is C13H14N4O4. The lowest BCUT2D eigenvalue weighted by atomic mass is 9.84. The summed E-state index contributed by atoms with van der Waals surface area (Å²) in [5.41, 5.74) is -0.505. The number of rotatable bonds is 4. The Balaban J connectivity index is 2.32. The second-order valence-corrected chi connectivity index (χ2v) is 4.90. The minimum Gasteiger partial charge on any atom is -0.481 e. The molecule has 1 aromatic heterocycles. The van der Waals surface area contributed by atoms with Crippen LogP contribution >= 0.6 is 0 Å². The highest BCUT2D eigenvalue weighted by Crippen LogP contribution is 2.31. The van der Waals surface area contributed by atoms with Crippen LogP contribution in [0.2, 0.25) is 0 Å². The number of nitriles is 1. The quantitative estimate of drug-likeness (QED) is 0.640. The normalized spacial score (nSPS) is 21.3. The molecule has 2 atom stereocenters. The van der Waals surface area contributed by atoms with E-state index in [2.05, 4.69) is 10.3 Å². The molecular weight excluding hydrogens is 276 g/mol. The SMILES string of the molecule is N#Cc1ccnc(NC2CCCCC2C(=O)O)c1[N+](=O)[O-]. The highest BCUT2D eigenvalue weighted by atomic mass is 16.6. The van der Waals surface area contributed by atoms with Gasteiger partial charge < -0.3 is 10.4 Å². The number of carboxylic acids is 1. The van der Waals surface area contributed by atoms with Crippen LogP contribution in [0.3, 0.4) is 0 Å². The Hall–Kier alpha value is -2.69. The smallest absolute Gasteiger partial charge is 0.328 e. The second kappa shape index (κ2) is 6.17. The maximum Gasteiger partial charge on any atom is 0.328 e. The van der Waals surface area contributed by atoms with Crippen molar-refractivity contribution in [3.63, 3.8) is 0 Å². The summed E-state index contributed by atoms with van der Waals surface area (Å²) in [6.07, 6.45) is 4.11. The minimum atomic E-state index is -0.925. The molecule has 1 saturated carbocycles. The van der Waals surface area contributed by atoms with Gasteiger partial charge in [-0.05, 0) is 18.9 Å². The maximum absolute atomic E-state index is 11.3. The predicted octanol–water partition coefficient (Wildman–Crippen LogP) is 1.92. The van der Waals surface area contributed by atoms with Crippen LogP contribution in [0.15, 0.2) is 12.3 Å². The van der Waals surface area contributed by atoms with E-state index in [1.54, 1.807) is 6.07 Å². The largest absolute Gasteiger partial charge is 0.481 e. The molecule has 0 bridgehead atoms. The molecule has 1 fully saturated rings. The number of anilines is 1. The van der Waals surface area contributed by atoms with E-state index in [1.165, 1.54) is 12.3 Å². The Kier molecular flexibility index (Phi) is 4.33. The third-order valence-electron chi connectivity index (χ3n) is 3.63. The molecule has 2 unspecified atom stereocenters. The lowest BCUT2D eigenvalue weighted by Gasteiger charge is -2.29. The number of nitrogens with zero attached hydrogens (tertiary/aromatic N) is 3. The summed E-state index contributed by atoms with van der Waals surface area (Å²) in [6.45, 7) is 0. The Labute approximate surface area is 120 Å². The Morgan fingerprint density at radius 2 is 2.24 bits per heavy atom. The van der Waals surface area contributed by atoms with E-state index in [0.29, 0.717) is 12.8 Å². The van der Waals surface area contributed by atoms with Crippen LogP contribution in [0.1, 0.15) is 31.2 Å². The van der Waals surface area contributed by atoms with Gasteiger partial charge in [0.1, 0.15) is 11.6 Å². The number of nitro groups is 1. The van der Waals surface area contributed by atoms with Crippen molar-refractivity contribution in [2.45, 2.75) is 31.7 Å². The number of hydrogen-bond acceptors (Lipinski definition) is 6. The van der Waals surface area contributed by atoms with Gasteiger partial charge in [-0.15, -0.1) is 0 Å². The van der Waals surface area contributed by atoms with Gasteiger partial charge in [-0.3, -0.25) is 14.9 Å². The molecule has 1 aliphatic carbocycles. The Bertz CT molecular complexity index is 611. The number of hydrogen-bond donors (Lipinski definition) is 2. The van der Waals surface area contributed by atoms with Crippen LogP contribution in [0.4, 0.5) is 11.5 Å². The van der Waals surface area contributed by atoms with E-state index in [0.717, 1.165) is 12.8 Å². The zero-order chi connectivity index (χ0) is 15.4. The molecule has 21 heavy (non-hydrogen) atoms. The van der Waals surface area contributed by atoms with Crippen LogP contribution in [0.25, 0.3) is 0 Å². The molecule has 8 nitrogen and oxygen atoms in total. The molecule has 110 valence electrons. The summed E-state index contributed by atoms with van der Waals surface area (Å²) in [6, 6.07) is 2.59. The summed E-state index contributed by atoms with van der Waals surface area (Å²) < 4.78 is 0. The molecule has 0 saturated heterocycles. The second-order valence-electron chi connectivity index (χ2n) is 4.90. The van der Waals surface area contributed by atoms with E-state index in [1.807, 2.05) is 0 Å². The van der Waals surface area contributed by atoms with Gasteiger partial charge in [-0.25, -0.2) is 4.98 Å². The topological polar surface area (TPSA) is 129 Å². The number of aromatic nitrogens is 1. The molecule has 8 heteroatoms. The van der Waals surface area contributed by atoms with Crippen LogP contribution in [0, 0.1) is 27.4 Å². The Morgan fingerprint density at radius 1 is 1.52 bits per heavy atom. The molecule has 1 aromatic rings. The van der Waals surface area contributed by atoms with Gasteiger partial charge in [0, 0.05) is 12.2 Å². The number of nitrogens with one attached hydrogen (secondary N) is 1. The van der Waals surface area contributed by atoms with E-state index in [4.69, 9.17) is 5.26 Å². The molecule has 0 aromatic carbocycles. The van der Waals surface area contributed by atoms with E-state index >= 15 is 0 Å². The predicted molar refractivity (Wildman–Crippen MR) is 72.6 cm³/mol. The highest BCUT2D eigenvalue weighted by Gasteiger charge is 2.33. The van der Waals surface area contributed by atoms with Crippen molar-refractivity contribution < 1.29 is 14.8 Å². The first-order valence-corrected chi connectivity index (χ1v) is 6.57. The summed E-state index contributed by atoms with van der Waals surface area (Å²) in [5, 5.41) is 32.1. The summed E-state index contributed by atoms with van der Waals surface area (Å²) in [5.74, 6) is -1.57. The molecule has 2 rings (SSSR count). The fraction of sp³-hybridized carbons (Fsp3) is 0.462. The van der Waals surface area contributed by atoms with Gasteiger partial charge in [0.25, 0.3) is 0 Å². The highest BCUT2D eigenvalue weighted by molar-refractivity contribution is 5.72. The van der Waals surface area contributed by atoms with Crippen molar-refractivity contribution in [2.75, 3.05) is 5.32 Å². The standard InChI is InChI=1S/C13H14N4O4/c14-7-8-5-6-15-12(11(8)17(20)21)16-10-4-2-1-3-9(10)13(18)19/h5-6,9-10H,1-4H2,(H,15,16)(H,18,19). The van der Waals surface area contributed by atoms with Gasteiger partial charge in [0.05, 0.1) is 10.8 Å². The van der Waals surface area contributed by atoms with Crippen LogP contribution in [-0.2, 0) is 4.79 Å². The first-order valence-electron chi connectivity index (χ1n) is 6.57. The molecule has 0 aliphatic heterocycles. The van der Waals surface area contributed by atoms with E-state index < -0.39 is 28.5 Å². The minimum absolute atomic E-state index is 0.0443. The third kappa shape index (κ3) is 3.08. The van der Waals surface area contributed by atoms with Crippen LogP contribution < -0.4 is 5.32 Å². The third-order valence-corrected chi connectivity index (χ3v) is 3.63. The van der Waals surface area contributed by atoms with Gasteiger partial charge in [0.2, 0.25) is 5.82 Å². The summed E-state index contributed by atoms with van der Waals surface area (Å²) in [4.78, 5) is 25.6. The maximum atomic E-state index is 11.3. The fourth-order valence-electron chi connectivity index (χ4n) is 2.61. The van der Waals surface area contributed by atoms with Gasteiger partial charge in [-0.2, -0.15) is 5.26 Å². The lowest BCUT2D eigenvalue weighted by molar-refractivity contribution is -0.384. The van der Waals surface area contributed by atoms with Gasteiger partial charge >= 0.3 is 11.7 Å². The average Bonchev–Trinajstić information content (AvgIpc) is 2.47. The summed E-state index contributed by atoms with van der Waals surface area (Å²) in [7, 11) is 0. The number of aliphatic carboxylic acids is 1. The van der Waals surface area contributed by atoms with Crippen LogP contribution in [-0.4, -0.2) is 27.0 Å². The number of carboxylic acid groups (broad SMARTS) is 1.